The minimum absolute atomic E-state index is 0.200. The minimum Gasteiger partial charge on any atom is -0.494 e. The smallest absolute Gasteiger partial charge is 0.341 e. The summed E-state index contributed by atoms with van der Waals surface area (Å²) >= 11 is 0. The summed E-state index contributed by atoms with van der Waals surface area (Å²) in [6.07, 6.45) is 0.699. The third-order valence-electron chi connectivity index (χ3n) is 3.77. The fourth-order valence-electron chi connectivity index (χ4n) is 2.57. The molecule has 0 saturated carbocycles. The first-order chi connectivity index (χ1) is 12.5. The largest absolute Gasteiger partial charge is 0.494 e. The maximum Gasteiger partial charge on any atom is 0.341 e. The van der Waals surface area contributed by atoms with Crippen LogP contribution in [0.2, 0.25) is 0 Å². The van der Waals surface area contributed by atoms with Gasteiger partial charge in [-0.05, 0) is 37.6 Å². The summed E-state index contributed by atoms with van der Waals surface area (Å²) in [5, 5.41) is 11.7. The number of rotatable bonds is 9. The number of aliphatic carboxylic acids is 1. The van der Waals surface area contributed by atoms with Crippen LogP contribution in [0.25, 0.3) is 0 Å². The summed E-state index contributed by atoms with van der Waals surface area (Å²) in [6.45, 7) is 3.99. The number of para-hydroxylation sites is 1. The molecule has 6 heteroatoms. The van der Waals surface area contributed by atoms with E-state index in [4.69, 9.17) is 14.6 Å². The van der Waals surface area contributed by atoms with Crippen molar-refractivity contribution in [1.82, 2.24) is 5.32 Å². The number of ether oxygens (including phenoxy) is 2. The van der Waals surface area contributed by atoms with Crippen LogP contribution in [0.1, 0.15) is 42.2 Å². The fraction of sp³-hybridized carbons (Fsp3) is 0.300. The molecule has 0 bridgehead atoms. The predicted octanol–water partition coefficient (Wildman–Crippen LogP) is 3.43. The van der Waals surface area contributed by atoms with Gasteiger partial charge in [0, 0.05) is 11.1 Å². The highest BCUT2D eigenvalue weighted by Crippen LogP contribution is 2.27. The highest BCUT2D eigenvalue weighted by molar-refractivity contribution is 5.94. The van der Waals surface area contributed by atoms with Gasteiger partial charge in [-0.3, -0.25) is 4.79 Å². The molecule has 2 aromatic rings. The van der Waals surface area contributed by atoms with Gasteiger partial charge in [-0.25, -0.2) is 4.79 Å². The van der Waals surface area contributed by atoms with Crippen molar-refractivity contribution < 1.29 is 24.2 Å². The van der Waals surface area contributed by atoms with Crippen LogP contribution in [0.15, 0.2) is 48.5 Å². The summed E-state index contributed by atoms with van der Waals surface area (Å²) < 4.78 is 10.8. The molecule has 138 valence electrons. The average molecular weight is 357 g/mol. The van der Waals surface area contributed by atoms with E-state index in [2.05, 4.69) is 5.32 Å². The van der Waals surface area contributed by atoms with Gasteiger partial charge in [0.15, 0.2) is 6.61 Å². The van der Waals surface area contributed by atoms with Crippen LogP contribution in [-0.4, -0.2) is 30.2 Å². The molecule has 0 saturated heterocycles. The summed E-state index contributed by atoms with van der Waals surface area (Å²) in [5.74, 6) is -0.245. The molecule has 0 heterocycles. The zero-order valence-corrected chi connectivity index (χ0v) is 14.9. The van der Waals surface area contributed by atoms with Crippen molar-refractivity contribution in [2.24, 2.45) is 0 Å². The molecule has 0 aromatic heterocycles. The Balaban J connectivity index is 2.14. The number of benzene rings is 2. The van der Waals surface area contributed by atoms with Crippen LogP contribution in [0.5, 0.6) is 11.5 Å². The lowest BCUT2D eigenvalue weighted by Gasteiger charge is -2.20. The molecule has 1 unspecified atom stereocenters. The standard InChI is InChI=1S/C20H23NO5/c1-3-17(16-10-5-6-11-18(16)25-4-2)21-20(24)14-8-7-9-15(12-14)26-13-19(22)23/h5-12,17H,3-4,13H2,1-2H3,(H,21,24)(H,22,23). The second-order valence-electron chi connectivity index (χ2n) is 5.62. The molecule has 0 aliphatic rings. The van der Waals surface area contributed by atoms with E-state index in [0.29, 0.717) is 24.3 Å². The van der Waals surface area contributed by atoms with Gasteiger partial charge in [-0.1, -0.05) is 31.2 Å². The lowest BCUT2D eigenvalue weighted by atomic mass is 10.0. The highest BCUT2D eigenvalue weighted by atomic mass is 16.5. The maximum atomic E-state index is 12.6. The van der Waals surface area contributed by atoms with E-state index in [1.165, 1.54) is 6.07 Å². The predicted molar refractivity (Wildman–Crippen MR) is 97.7 cm³/mol. The highest BCUT2D eigenvalue weighted by Gasteiger charge is 2.18. The molecule has 0 fully saturated rings. The zero-order valence-electron chi connectivity index (χ0n) is 14.9. The number of amides is 1. The molecule has 0 aliphatic carbocycles. The molecule has 2 rings (SSSR count). The van der Waals surface area contributed by atoms with E-state index in [-0.39, 0.29) is 11.9 Å². The Labute approximate surface area is 152 Å². The molecule has 1 amide bonds. The second-order valence-corrected chi connectivity index (χ2v) is 5.62. The van der Waals surface area contributed by atoms with Gasteiger partial charge >= 0.3 is 5.97 Å². The van der Waals surface area contributed by atoms with Gasteiger partial charge < -0.3 is 19.9 Å². The quantitative estimate of drug-likeness (QED) is 0.718. The van der Waals surface area contributed by atoms with Gasteiger partial charge in [-0.2, -0.15) is 0 Å². The molecular weight excluding hydrogens is 334 g/mol. The van der Waals surface area contributed by atoms with Crippen molar-refractivity contribution in [1.29, 1.82) is 0 Å². The molecule has 0 aliphatic heterocycles. The van der Waals surface area contributed by atoms with Gasteiger partial charge in [0.2, 0.25) is 0 Å². The van der Waals surface area contributed by atoms with Crippen molar-refractivity contribution in [3.8, 4) is 11.5 Å². The van der Waals surface area contributed by atoms with E-state index < -0.39 is 12.6 Å². The van der Waals surface area contributed by atoms with Crippen molar-refractivity contribution in [2.75, 3.05) is 13.2 Å². The number of carbonyl (C=O) groups is 2. The summed E-state index contributed by atoms with van der Waals surface area (Å²) in [7, 11) is 0. The Morgan fingerprint density at radius 2 is 1.85 bits per heavy atom. The van der Waals surface area contributed by atoms with Crippen molar-refractivity contribution in [2.45, 2.75) is 26.3 Å². The number of carbonyl (C=O) groups excluding carboxylic acids is 1. The zero-order chi connectivity index (χ0) is 18.9. The monoisotopic (exact) mass is 357 g/mol. The molecule has 26 heavy (non-hydrogen) atoms. The Hall–Kier alpha value is -3.02. The van der Waals surface area contributed by atoms with Gasteiger partial charge in [0.25, 0.3) is 5.91 Å². The van der Waals surface area contributed by atoms with Crippen LogP contribution in [0, 0.1) is 0 Å². The number of carboxylic acid groups (broad SMARTS) is 1. The van der Waals surface area contributed by atoms with Crippen LogP contribution >= 0.6 is 0 Å². The first kappa shape index (κ1) is 19.3. The first-order valence-corrected chi connectivity index (χ1v) is 8.52. The molecule has 6 nitrogen and oxygen atoms in total. The second kappa shape index (κ2) is 9.46. The van der Waals surface area contributed by atoms with Gasteiger partial charge in [0.05, 0.1) is 12.6 Å². The lowest BCUT2D eigenvalue weighted by molar-refractivity contribution is -0.139. The van der Waals surface area contributed by atoms with E-state index in [9.17, 15) is 9.59 Å². The Bertz CT molecular complexity index is 759. The lowest BCUT2D eigenvalue weighted by Crippen LogP contribution is -2.28. The summed E-state index contributed by atoms with van der Waals surface area (Å²) in [4.78, 5) is 23.2. The van der Waals surface area contributed by atoms with Crippen molar-refractivity contribution >= 4 is 11.9 Å². The van der Waals surface area contributed by atoms with E-state index in [1.807, 2.05) is 38.1 Å². The van der Waals surface area contributed by atoms with Gasteiger partial charge in [0.1, 0.15) is 11.5 Å². The summed E-state index contributed by atoms with van der Waals surface area (Å²) in [5.41, 5.74) is 1.32. The molecule has 0 radical (unpaired) electrons. The Morgan fingerprint density at radius 3 is 2.54 bits per heavy atom. The van der Waals surface area contributed by atoms with Gasteiger partial charge in [-0.15, -0.1) is 0 Å². The van der Waals surface area contributed by atoms with Crippen LogP contribution in [-0.2, 0) is 4.79 Å². The summed E-state index contributed by atoms with van der Waals surface area (Å²) in [6, 6.07) is 13.9. The topological polar surface area (TPSA) is 84.9 Å². The van der Waals surface area contributed by atoms with Crippen LogP contribution in [0.3, 0.4) is 0 Å². The third kappa shape index (κ3) is 5.24. The van der Waals surface area contributed by atoms with Crippen LogP contribution < -0.4 is 14.8 Å². The van der Waals surface area contributed by atoms with E-state index in [1.54, 1.807) is 18.2 Å². The fourth-order valence-corrected chi connectivity index (χ4v) is 2.57. The van der Waals surface area contributed by atoms with Crippen molar-refractivity contribution in [3.63, 3.8) is 0 Å². The number of carboxylic acids is 1. The van der Waals surface area contributed by atoms with E-state index >= 15 is 0 Å². The number of hydrogen-bond donors (Lipinski definition) is 2. The first-order valence-electron chi connectivity index (χ1n) is 8.52. The maximum absolute atomic E-state index is 12.6. The Morgan fingerprint density at radius 1 is 1.08 bits per heavy atom. The number of nitrogens with one attached hydrogen (secondary N) is 1. The average Bonchev–Trinajstić information content (AvgIpc) is 2.65. The number of hydrogen-bond acceptors (Lipinski definition) is 4. The normalized spacial score (nSPS) is 11.5. The van der Waals surface area contributed by atoms with E-state index in [0.717, 1.165) is 11.3 Å². The molecule has 2 aromatic carbocycles. The van der Waals surface area contributed by atoms with Crippen molar-refractivity contribution in [3.05, 3.63) is 59.7 Å². The SMILES string of the molecule is CCOc1ccccc1C(CC)NC(=O)c1cccc(OCC(=O)O)c1. The minimum atomic E-state index is -1.07. The molecular formula is C20H23NO5. The molecule has 2 N–H and O–H groups in total. The Kier molecular flexibility index (Phi) is 7.02. The third-order valence-corrected chi connectivity index (χ3v) is 3.77. The molecule has 1 atom stereocenters. The molecule has 0 spiro atoms. The van der Waals surface area contributed by atoms with Crippen LogP contribution in [0.4, 0.5) is 0 Å².